The summed E-state index contributed by atoms with van der Waals surface area (Å²) in [6.07, 6.45) is 2.64. The summed E-state index contributed by atoms with van der Waals surface area (Å²) in [7, 11) is 0. The number of aromatic nitrogens is 3. The number of hydrogen-bond acceptors (Lipinski definition) is 5. The maximum absolute atomic E-state index is 12.3. The van der Waals surface area contributed by atoms with Crippen LogP contribution in [0.15, 0.2) is 65.3 Å². The molecule has 0 spiro atoms. The normalized spacial score (nSPS) is 15.3. The second-order valence-corrected chi connectivity index (χ2v) is 9.55. The predicted octanol–water partition coefficient (Wildman–Crippen LogP) is 4.32. The highest BCUT2D eigenvalue weighted by Crippen LogP contribution is 2.30. The predicted molar refractivity (Wildman–Crippen MR) is 138 cm³/mol. The van der Waals surface area contributed by atoms with Crippen molar-refractivity contribution in [3.63, 3.8) is 0 Å². The van der Waals surface area contributed by atoms with Gasteiger partial charge in [-0.15, -0.1) is 0 Å². The monoisotopic (exact) mass is 552 g/mol. The molecule has 3 N–H and O–H groups in total. The van der Waals surface area contributed by atoms with Crippen LogP contribution in [0, 0.1) is 0 Å². The van der Waals surface area contributed by atoms with Crippen molar-refractivity contribution in [2.24, 2.45) is 0 Å². The van der Waals surface area contributed by atoms with Crippen LogP contribution in [0.5, 0.6) is 0 Å². The van der Waals surface area contributed by atoms with Gasteiger partial charge in [0, 0.05) is 36.2 Å². The van der Waals surface area contributed by atoms with Crippen molar-refractivity contribution in [2.75, 3.05) is 5.32 Å². The van der Waals surface area contributed by atoms with Gasteiger partial charge in [0.2, 0.25) is 11.8 Å². The number of carbonyl (C=O) groups is 2. The lowest BCUT2D eigenvalue weighted by Crippen LogP contribution is -2.41. The molecule has 3 heterocycles. The minimum absolute atomic E-state index is 0.0784. The number of nitrogens with zero attached hydrogens (tertiary/aromatic N) is 3. The van der Waals surface area contributed by atoms with E-state index in [1.165, 1.54) is 0 Å². The van der Waals surface area contributed by atoms with E-state index in [9.17, 15) is 9.59 Å². The third-order valence-electron chi connectivity index (χ3n) is 5.82. The zero-order valence-electron chi connectivity index (χ0n) is 18.6. The van der Waals surface area contributed by atoms with E-state index in [0.717, 1.165) is 32.7 Å². The van der Waals surface area contributed by atoms with Crippen molar-refractivity contribution in [2.45, 2.75) is 32.0 Å². The van der Waals surface area contributed by atoms with Crippen LogP contribution in [0.25, 0.3) is 16.9 Å². The van der Waals surface area contributed by atoms with Crippen LogP contribution in [0.1, 0.15) is 24.0 Å². The van der Waals surface area contributed by atoms with Crippen molar-refractivity contribution in [1.29, 1.82) is 0 Å². The summed E-state index contributed by atoms with van der Waals surface area (Å²) >= 11 is 9.95. The fourth-order valence-corrected chi connectivity index (χ4v) is 4.61. The molecule has 1 aliphatic rings. The van der Waals surface area contributed by atoms with E-state index in [1.807, 2.05) is 54.6 Å². The second-order valence-electron chi connectivity index (χ2n) is 8.28. The average molecular weight is 554 g/mol. The zero-order valence-corrected chi connectivity index (χ0v) is 20.9. The Bertz CT molecular complexity index is 1420. The molecule has 35 heavy (non-hydrogen) atoms. The number of rotatable bonds is 7. The Morgan fingerprint density at radius 1 is 1.14 bits per heavy atom. The highest BCUT2D eigenvalue weighted by atomic mass is 79.9. The first-order valence-electron chi connectivity index (χ1n) is 11.2. The van der Waals surface area contributed by atoms with Crippen LogP contribution in [-0.2, 0) is 22.7 Å². The molecule has 8 nitrogen and oxygen atoms in total. The molecule has 0 radical (unpaired) electrons. The van der Waals surface area contributed by atoms with E-state index in [-0.39, 0.29) is 11.8 Å². The first-order valence-corrected chi connectivity index (χ1v) is 12.3. The Balaban J connectivity index is 1.32. The van der Waals surface area contributed by atoms with Crippen LogP contribution in [0.3, 0.4) is 0 Å². The van der Waals surface area contributed by atoms with Gasteiger partial charge in [0.25, 0.3) is 0 Å². The molecule has 1 unspecified atom stereocenters. The standard InChI is InChI=1S/C25H22BrClN6O2/c26-18-14-30-33-22(11-21(32-24(18)33)17-6-1-2-7-19(17)27)28-12-15-4-3-5-16(10-15)13-29-25(35)20-8-9-23(34)31-20/h1-7,10-11,14,20,28H,8-9,12-13H2,(H,29,35)(H,31,34). The highest BCUT2D eigenvalue weighted by Gasteiger charge is 2.26. The summed E-state index contributed by atoms with van der Waals surface area (Å²) in [5.74, 6) is 0.534. The Morgan fingerprint density at radius 3 is 2.71 bits per heavy atom. The van der Waals surface area contributed by atoms with Crippen molar-refractivity contribution in [3.05, 3.63) is 81.4 Å². The second kappa shape index (κ2) is 10.1. The van der Waals surface area contributed by atoms with Crippen LogP contribution < -0.4 is 16.0 Å². The summed E-state index contributed by atoms with van der Waals surface area (Å²) in [5, 5.41) is 14.1. The maximum atomic E-state index is 12.3. The number of benzene rings is 2. The molecule has 1 atom stereocenters. The molecule has 2 aromatic heterocycles. The van der Waals surface area contributed by atoms with Gasteiger partial charge in [0.05, 0.1) is 16.4 Å². The van der Waals surface area contributed by atoms with E-state index >= 15 is 0 Å². The van der Waals surface area contributed by atoms with Gasteiger partial charge < -0.3 is 16.0 Å². The fraction of sp³-hybridized carbons (Fsp3) is 0.200. The van der Waals surface area contributed by atoms with E-state index < -0.39 is 6.04 Å². The first kappa shape index (κ1) is 23.3. The SMILES string of the molecule is O=C1CCC(C(=O)NCc2cccc(CNc3cc(-c4ccccc4Cl)nc4c(Br)cnn34)c2)N1. The Hall–Kier alpha value is -3.43. The summed E-state index contributed by atoms with van der Waals surface area (Å²) in [4.78, 5) is 28.4. The molecule has 2 aromatic carbocycles. The van der Waals surface area contributed by atoms with E-state index in [4.69, 9.17) is 16.6 Å². The molecule has 4 aromatic rings. The number of nitrogens with one attached hydrogen (secondary N) is 3. The highest BCUT2D eigenvalue weighted by molar-refractivity contribution is 9.10. The van der Waals surface area contributed by atoms with Gasteiger partial charge >= 0.3 is 0 Å². The number of anilines is 1. The molecule has 0 bridgehead atoms. The summed E-state index contributed by atoms with van der Waals surface area (Å²) < 4.78 is 2.52. The number of amides is 2. The van der Waals surface area contributed by atoms with Gasteiger partial charge in [-0.2, -0.15) is 9.61 Å². The van der Waals surface area contributed by atoms with Crippen LogP contribution in [0.4, 0.5) is 5.82 Å². The number of fused-ring (bicyclic) bond motifs is 1. The number of hydrogen-bond donors (Lipinski definition) is 3. The molecular weight excluding hydrogens is 532 g/mol. The quantitative estimate of drug-likeness (QED) is 0.317. The minimum Gasteiger partial charge on any atom is -0.366 e. The van der Waals surface area contributed by atoms with Gasteiger partial charge in [0.15, 0.2) is 5.65 Å². The molecule has 1 saturated heterocycles. The largest absolute Gasteiger partial charge is 0.366 e. The van der Waals surface area contributed by atoms with Gasteiger partial charge in [-0.3, -0.25) is 9.59 Å². The maximum Gasteiger partial charge on any atom is 0.242 e. The Morgan fingerprint density at radius 2 is 1.94 bits per heavy atom. The summed E-state index contributed by atoms with van der Waals surface area (Å²) in [6.45, 7) is 0.931. The van der Waals surface area contributed by atoms with Crippen molar-refractivity contribution < 1.29 is 9.59 Å². The lowest BCUT2D eigenvalue weighted by Gasteiger charge is -2.13. The van der Waals surface area contributed by atoms with Gasteiger partial charge in [-0.05, 0) is 39.5 Å². The number of halogens is 2. The fourth-order valence-electron chi connectivity index (χ4n) is 4.03. The first-order chi connectivity index (χ1) is 17.0. The average Bonchev–Trinajstić information content (AvgIpc) is 3.47. The molecule has 2 amide bonds. The molecular formula is C25H22BrClN6O2. The van der Waals surface area contributed by atoms with Crippen molar-refractivity contribution in [3.8, 4) is 11.3 Å². The molecule has 0 aliphatic carbocycles. The third kappa shape index (κ3) is 5.16. The molecule has 178 valence electrons. The van der Waals surface area contributed by atoms with Crippen LogP contribution in [-0.4, -0.2) is 32.5 Å². The van der Waals surface area contributed by atoms with Gasteiger partial charge in [-0.25, -0.2) is 4.98 Å². The van der Waals surface area contributed by atoms with E-state index in [2.05, 4.69) is 37.0 Å². The number of carbonyl (C=O) groups excluding carboxylic acids is 2. The molecule has 5 rings (SSSR count). The Kier molecular flexibility index (Phi) is 6.70. The van der Waals surface area contributed by atoms with Crippen LogP contribution >= 0.6 is 27.5 Å². The lowest BCUT2D eigenvalue weighted by atomic mass is 10.1. The minimum atomic E-state index is -0.442. The van der Waals surface area contributed by atoms with E-state index in [0.29, 0.717) is 36.6 Å². The molecule has 1 fully saturated rings. The third-order valence-corrected chi connectivity index (χ3v) is 6.71. The van der Waals surface area contributed by atoms with Crippen molar-refractivity contribution in [1.82, 2.24) is 25.2 Å². The van der Waals surface area contributed by atoms with Gasteiger partial charge in [-0.1, -0.05) is 54.1 Å². The Labute approximate surface area is 215 Å². The van der Waals surface area contributed by atoms with Crippen molar-refractivity contribution >= 4 is 50.8 Å². The lowest BCUT2D eigenvalue weighted by molar-refractivity contribution is -0.125. The van der Waals surface area contributed by atoms with Crippen LogP contribution in [0.2, 0.25) is 5.02 Å². The molecule has 0 saturated carbocycles. The topological polar surface area (TPSA) is 100 Å². The summed E-state index contributed by atoms with van der Waals surface area (Å²) in [6, 6.07) is 17.0. The summed E-state index contributed by atoms with van der Waals surface area (Å²) in [5.41, 5.74) is 4.27. The van der Waals surface area contributed by atoms with Gasteiger partial charge in [0.1, 0.15) is 11.9 Å². The smallest absolute Gasteiger partial charge is 0.242 e. The van der Waals surface area contributed by atoms with E-state index in [1.54, 1.807) is 10.7 Å². The molecule has 1 aliphatic heterocycles. The zero-order chi connectivity index (χ0) is 24.4. The molecule has 10 heteroatoms.